The summed E-state index contributed by atoms with van der Waals surface area (Å²) in [6.07, 6.45) is 4.02. The second kappa shape index (κ2) is 9.46. The number of aryl methyl sites for hydroxylation is 1. The third kappa shape index (κ3) is 5.19. The molecule has 1 amide bonds. The average molecular weight is 421 g/mol. The second-order valence-corrected chi connectivity index (χ2v) is 7.38. The molecule has 0 aliphatic carbocycles. The molecule has 5 nitrogen and oxygen atoms in total. The zero-order chi connectivity index (χ0) is 20.8. The lowest BCUT2D eigenvalue weighted by Crippen LogP contribution is -2.30. The van der Waals surface area contributed by atoms with Gasteiger partial charge in [-0.25, -0.2) is 4.98 Å². The van der Waals surface area contributed by atoms with E-state index in [0.29, 0.717) is 42.6 Å². The lowest BCUT2D eigenvalue weighted by Gasteiger charge is -2.21. The van der Waals surface area contributed by atoms with Crippen molar-refractivity contribution in [3.05, 3.63) is 101 Å². The highest BCUT2D eigenvalue weighted by Gasteiger charge is 2.17. The molecule has 2 aromatic heterocycles. The maximum absolute atomic E-state index is 13.0. The van der Waals surface area contributed by atoms with Crippen molar-refractivity contribution < 1.29 is 13.6 Å². The number of hydrogen-bond acceptors (Lipinski definition) is 4. The molecular weight excluding hydrogens is 400 g/mol. The molecule has 0 spiro atoms. The Bertz CT molecular complexity index is 1070. The smallest absolute Gasteiger partial charge is 0.223 e. The summed E-state index contributed by atoms with van der Waals surface area (Å²) in [6.45, 7) is 0.935. The van der Waals surface area contributed by atoms with E-state index in [9.17, 15) is 4.79 Å². The zero-order valence-corrected chi connectivity index (χ0v) is 17.1. The number of oxazole rings is 1. The van der Waals surface area contributed by atoms with E-state index in [2.05, 4.69) is 4.98 Å². The highest BCUT2D eigenvalue weighted by atomic mass is 35.5. The van der Waals surface area contributed by atoms with Crippen molar-refractivity contribution in [3.8, 4) is 11.3 Å². The molecule has 0 saturated heterocycles. The third-order valence-corrected chi connectivity index (χ3v) is 4.98. The molecule has 6 heteroatoms. The molecule has 0 N–H and O–H groups in total. The van der Waals surface area contributed by atoms with Crippen molar-refractivity contribution in [1.29, 1.82) is 0 Å². The van der Waals surface area contributed by atoms with Crippen LogP contribution in [0.4, 0.5) is 0 Å². The van der Waals surface area contributed by atoms with Crippen LogP contribution in [-0.4, -0.2) is 15.8 Å². The average Bonchev–Trinajstić information content (AvgIpc) is 3.45. The Labute approximate surface area is 179 Å². The van der Waals surface area contributed by atoms with Gasteiger partial charge in [-0.2, -0.15) is 0 Å². The number of amides is 1. The van der Waals surface area contributed by atoms with Crippen LogP contribution in [-0.2, 0) is 24.3 Å². The van der Waals surface area contributed by atoms with Crippen LogP contribution in [0.1, 0.15) is 23.6 Å². The largest absolute Gasteiger partial charge is 0.467 e. The van der Waals surface area contributed by atoms with Crippen LogP contribution in [0.3, 0.4) is 0 Å². The maximum Gasteiger partial charge on any atom is 0.223 e. The van der Waals surface area contributed by atoms with Crippen molar-refractivity contribution in [2.75, 3.05) is 0 Å². The maximum atomic E-state index is 13.0. The summed E-state index contributed by atoms with van der Waals surface area (Å²) < 4.78 is 11.3. The van der Waals surface area contributed by atoms with E-state index >= 15 is 0 Å². The first-order chi connectivity index (χ1) is 14.7. The molecule has 4 aromatic rings. The highest BCUT2D eigenvalue weighted by molar-refractivity contribution is 6.30. The normalized spacial score (nSPS) is 10.8. The summed E-state index contributed by atoms with van der Waals surface area (Å²) in [4.78, 5) is 19.1. The van der Waals surface area contributed by atoms with Crippen LogP contribution < -0.4 is 0 Å². The van der Waals surface area contributed by atoms with Gasteiger partial charge in [0, 0.05) is 30.0 Å². The minimum Gasteiger partial charge on any atom is -0.467 e. The monoisotopic (exact) mass is 420 g/mol. The third-order valence-electron chi connectivity index (χ3n) is 4.73. The number of rotatable bonds is 8. The number of carbonyl (C=O) groups is 1. The minimum absolute atomic E-state index is 0.0153. The topological polar surface area (TPSA) is 59.5 Å². The lowest BCUT2D eigenvalue weighted by molar-refractivity contribution is -0.132. The van der Waals surface area contributed by atoms with Crippen molar-refractivity contribution in [1.82, 2.24) is 9.88 Å². The molecule has 0 radical (unpaired) electrons. The van der Waals surface area contributed by atoms with E-state index in [4.69, 9.17) is 20.4 Å². The molecule has 152 valence electrons. The molecular formula is C24H21ClN2O3. The molecule has 4 rings (SSSR count). The Hall–Kier alpha value is -3.31. The molecule has 0 aliphatic rings. The number of halogens is 1. The summed E-state index contributed by atoms with van der Waals surface area (Å²) in [5, 5.41) is 0.666. The van der Waals surface area contributed by atoms with E-state index in [1.165, 1.54) is 0 Å². The SMILES string of the molecule is O=C(CCc1ncc(-c2ccc(Cl)cc2)o1)N(Cc1ccccc1)Cc1ccco1. The summed E-state index contributed by atoms with van der Waals surface area (Å²) in [7, 11) is 0. The second-order valence-electron chi connectivity index (χ2n) is 6.94. The quantitative estimate of drug-likeness (QED) is 0.364. The predicted molar refractivity (Wildman–Crippen MR) is 115 cm³/mol. The first-order valence-corrected chi connectivity index (χ1v) is 10.1. The molecule has 0 atom stereocenters. The molecule has 0 fully saturated rings. The van der Waals surface area contributed by atoms with E-state index in [-0.39, 0.29) is 5.91 Å². The van der Waals surface area contributed by atoms with Gasteiger partial charge in [0.1, 0.15) is 5.76 Å². The van der Waals surface area contributed by atoms with E-state index in [1.54, 1.807) is 29.5 Å². The standard InChI is InChI=1S/C24H21ClN2O3/c25-20-10-8-19(9-11-20)22-15-26-23(30-22)12-13-24(28)27(17-21-7-4-14-29-21)16-18-5-2-1-3-6-18/h1-11,14-15H,12-13,16-17H2. The van der Waals surface area contributed by atoms with Crippen LogP contribution in [0.25, 0.3) is 11.3 Å². The molecule has 2 heterocycles. The van der Waals surface area contributed by atoms with E-state index < -0.39 is 0 Å². The van der Waals surface area contributed by atoms with Gasteiger partial charge in [0.15, 0.2) is 11.7 Å². The molecule has 0 unspecified atom stereocenters. The molecule has 0 aliphatic heterocycles. The molecule has 0 bridgehead atoms. The number of carbonyl (C=O) groups excluding carboxylic acids is 1. The van der Waals surface area contributed by atoms with Gasteiger partial charge >= 0.3 is 0 Å². The molecule has 2 aromatic carbocycles. The van der Waals surface area contributed by atoms with Crippen LogP contribution in [0, 0.1) is 0 Å². The summed E-state index contributed by atoms with van der Waals surface area (Å²) in [5.41, 5.74) is 1.96. The Morgan fingerprint density at radius 1 is 0.967 bits per heavy atom. The summed E-state index contributed by atoms with van der Waals surface area (Å²) in [5.74, 6) is 1.96. The van der Waals surface area contributed by atoms with Gasteiger partial charge in [-0.1, -0.05) is 41.9 Å². The van der Waals surface area contributed by atoms with Gasteiger partial charge in [-0.15, -0.1) is 0 Å². The Morgan fingerprint density at radius 2 is 1.77 bits per heavy atom. The zero-order valence-electron chi connectivity index (χ0n) is 16.3. The fraction of sp³-hybridized carbons (Fsp3) is 0.167. The van der Waals surface area contributed by atoms with Gasteiger partial charge in [0.05, 0.1) is 19.0 Å². The fourth-order valence-corrected chi connectivity index (χ4v) is 3.30. The number of hydrogen-bond donors (Lipinski definition) is 0. The first kappa shape index (κ1) is 20.0. The summed E-state index contributed by atoms with van der Waals surface area (Å²) in [6, 6.07) is 21.0. The number of benzene rings is 2. The lowest BCUT2D eigenvalue weighted by atomic mass is 10.2. The Kier molecular flexibility index (Phi) is 6.30. The van der Waals surface area contributed by atoms with Crippen LogP contribution >= 0.6 is 11.6 Å². The highest BCUT2D eigenvalue weighted by Crippen LogP contribution is 2.23. The van der Waals surface area contributed by atoms with Crippen LogP contribution in [0.2, 0.25) is 5.02 Å². The minimum atomic E-state index is 0.0153. The van der Waals surface area contributed by atoms with Gasteiger partial charge < -0.3 is 13.7 Å². The van der Waals surface area contributed by atoms with Gasteiger partial charge in [-0.05, 0) is 42.0 Å². The van der Waals surface area contributed by atoms with Crippen LogP contribution in [0.5, 0.6) is 0 Å². The van der Waals surface area contributed by atoms with Crippen molar-refractivity contribution in [2.45, 2.75) is 25.9 Å². The Morgan fingerprint density at radius 3 is 2.50 bits per heavy atom. The van der Waals surface area contributed by atoms with E-state index in [1.807, 2.05) is 54.6 Å². The van der Waals surface area contributed by atoms with Crippen molar-refractivity contribution >= 4 is 17.5 Å². The van der Waals surface area contributed by atoms with Gasteiger partial charge in [0.25, 0.3) is 0 Å². The van der Waals surface area contributed by atoms with E-state index in [0.717, 1.165) is 16.9 Å². The van der Waals surface area contributed by atoms with Crippen molar-refractivity contribution in [3.63, 3.8) is 0 Å². The molecule has 30 heavy (non-hydrogen) atoms. The molecule has 0 saturated carbocycles. The number of aromatic nitrogens is 1. The number of furan rings is 1. The Balaban J connectivity index is 1.41. The fourth-order valence-electron chi connectivity index (χ4n) is 3.17. The predicted octanol–water partition coefficient (Wildman–Crippen LogP) is 5.75. The van der Waals surface area contributed by atoms with Gasteiger partial charge in [-0.3, -0.25) is 4.79 Å². The van der Waals surface area contributed by atoms with Gasteiger partial charge in [0.2, 0.25) is 5.91 Å². The first-order valence-electron chi connectivity index (χ1n) is 9.72. The van der Waals surface area contributed by atoms with Crippen molar-refractivity contribution in [2.24, 2.45) is 0 Å². The number of nitrogens with zero attached hydrogens (tertiary/aromatic N) is 2. The summed E-state index contributed by atoms with van der Waals surface area (Å²) >= 11 is 5.93. The van der Waals surface area contributed by atoms with Crippen LogP contribution in [0.15, 0.2) is 88.0 Å².